The van der Waals surface area contributed by atoms with Crippen molar-refractivity contribution in [3.8, 4) is 6.07 Å². The van der Waals surface area contributed by atoms with E-state index in [1.54, 1.807) is 24.3 Å². The molecular weight excluding hydrogens is 582 g/mol. The van der Waals surface area contributed by atoms with Crippen molar-refractivity contribution in [2.24, 2.45) is 5.41 Å². The van der Waals surface area contributed by atoms with Crippen LogP contribution in [0.25, 0.3) is 0 Å². The van der Waals surface area contributed by atoms with E-state index in [9.17, 15) is 30.3 Å². The van der Waals surface area contributed by atoms with Crippen LogP contribution in [0.4, 0.5) is 0 Å². The number of hydrogen-bond donors (Lipinski definition) is 5. The molecule has 2 aromatic carbocycles. The molecule has 1 atom stereocenters. The molecule has 1 saturated carbocycles. The molecule has 38 heavy (non-hydrogen) atoms. The molecule has 0 saturated heterocycles. The van der Waals surface area contributed by atoms with Crippen LogP contribution in [0.2, 0.25) is 5.02 Å². The van der Waals surface area contributed by atoms with Gasteiger partial charge in [0.05, 0.1) is 17.8 Å². The Hall–Kier alpha value is -2.92. The Kier molecular flexibility index (Phi) is 6.38. The van der Waals surface area contributed by atoms with E-state index in [1.807, 2.05) is 6.07 Å². The average molecular weight is 603 g/mol. The van der Waals surface area contributed by atoms with Crippen LogP contribution in [0.5, 0.6) is 0 Å². The molecule has 5 N–H and O–H groups in total. The molecular formula is C26H21BrClN3O7. The third-order valence-electron chi connectivity index (χ3n) is 7.02. The van der Waals surface area contributed by atoms with Gasteiger partial charge in [-0.2, -0.15) is 5.26 Å². The Morgan fingerprint density at radius 3 is 2.32 bits per heavy atom. The zero-order valence-electron chi connectivity index (χ0n) is 19.5. The van der Waals surface area contributed by atoms with Crippen molar-refractivity contribution < 1.29 is 35.1 Å². The number of nitriles is 1. The fourth-order valence-corrected chi connectivity index (χ4v) is 5.30. The third kappa shape index (κ3) is 4.10. The van der Waals surface area contributed by atoms with Gasteiger partial charge in [0.2, 0.25) is 5.72 Å². The zero-order chi connectivity index (χ0) is 27.5. The first-order valence-electron chi connectivity index (χ1n) is 11.4. The zero-order valence-corrected chi connectivity index (χ0v) is 21.9. The fraction of sp³-hybridized carbons (Fsp3) is 0.269. The van der Waals surface area contributed by atoms with Gasteiger partial charge in [-0.15, -0.1) is 0 Å². The number of carbonyl (C=O) groups excluding carboxylic acids is 1. The highest BCUT2D eigenvalue weighted by Gasteiger charge is 2.74. The van der Waals surface area contributed by atoms with Gasteiger partial charge in [0.1, 0.15) is 11.5 Å². The molecule has 0 radical (unpaired) electrons. The Morgan fingerprint density at radius 1 is 1.08 bits per heavy atom. The van der Waals surface area contributed by atoms with Gasteiger partial charge in [-0.25, -0.2) is 0 Å². The summed E-state index contributed by atoms with van der Waals surface area (Å²) in [6.07, 6.45) is 0.945. The summed E-state index contributed by atoms with van der Waals surface area (Å²) in [4.78, 5) is 19.4. The number of carbonyl (C=O) groups is 1. The largest absolute Gasteiger partial charge is 0.343 e. The summed E-state index contributed by atoms with van der Waals surface area (Å²) in [5.74, 6) is -7.38. The summed E-state index contributed by atoms with van der Waals surface area (Å²) in [6, 6.07) is 15.9. The van der Waals surface area contributed by atoms with Crippen LogP contribution in [0.3, 0.4) is 0 Å². The predicted octanol–water partition coefficient (Wildman–Crippen LogP) is 2.29. The molecule has 196 valence electrons. The Morgan fingerprint density at radius 2 is 1.76 bits per heavy atom. The van der Waals surface area contributed by atoms with Gasteiger partial charge in [-0.3, -0.25) is 19.4 Å². The van der Waals surface area contributed by atoms with E-state index in [2.05, 4.69) is 20.9 Å². The molecule has 1 amide bonds. The second-order valence-corrected chi connectivity index (χ2v) is 10.7. The van der Waals surface area contributed by atoms with Gasteiger partial charge in [0.15, 0.2) is 0 Å². The normalized spacial score (nSPS) is 20.3. The molecule has 1 aliphatic heterocycles. The topological polar surface area (TPSA) is 167 Å². The van der Waals surface area contributed by atoms with Crippen molar-refractivity contribution in [1.29, 1.82) is 5.26 Å². The van der Waals surface area contributed by atoms with Crippen LogP contribution < -0.4 is 0 Å². The van der Waals surface area contributed by atoms with E-state index in [0.29, 0.717) is 20.8 Å². The smallest absolute Gasteiger partial charge is 0.294 e. The van der Waals surface area contributed by atoms with Crippen LogP contribution in [-0.2, 0) is 17.0 Å². The van der Waals surface area contributed by atoms with Gasteiger partial charge in [-0.1, -0.05) is 45.7 Å². The summed E-state index contributed by atoms with van der Waals surface area (Å²) >= 11 is 9.48. The molecule has 1 aliphatic carbocycles. The second-order valence-electron chi connectivity index (χ2n) is 9.31. The van der Waals surface area contributed by atoms with Crippen LogP contribution in [-0.4, -0.2) is 53.3 Å². The first-order valence-corrected chi connectivity index (χ1v) is 12.6. The number of aromatic nitrogens is 1. The monoisotopic (exact) mass is 601 g/mol. The third-order valence-corrected chi connectivity index (χ3v) is 7.76. The SMILES string of the molecule is N#Cc1ccc(CN2C(=O)c3cc(Br)ccc3C2(OC(O)(O)C2(C(O)(O)O)CC2)c2ccc(Cl)cc2)nc1. The maximum Gasteiger partial charge on any atom is 0.294 e. The van der Waals surface area contributed by atoms with Crippen molar-refractivity contribution in [1.82, 2.24) is 9.88 Å². The number of pyridine rings is 1. The molecule has 2 heterocycles. The number of halogens is 2. The number of benzene rings is 2. The first kappa shape index (κ1) is 26.7. The van der Waals surface area contributed by atoms with Crippen LogP contribution >= 0.6 is 27.5 Å². The number of nitrogens with zero attached hydrogens (tertiary/aromatic N) is 3. The summed E-state index contributed by atoms with van der Waals surface area (Å²) < 4.78 is 6.61. The van der Waals surface area contributed by atoms with Crippen molar-refractivity contribution in [2.75, 3.05) is 0 Å². The standard InChI is InChI=1S/C26H21BrClN3O7/c27-17-4-8-21-20(11-17)22(32)31(14-19-7-1-15(12-29)13-30-19)24(21,16-2-5-18(28)6-3-16)38-26(36,37)23(9-10-23)25(33,34)35/h1-8,11,13,33-37H,9-10,14H2. The number of fused-ring (bicyclic) bond motifs is 1. The molecule has 1 unspecified atom stereocenters. The lowest BCUT2D eigenvalue weighted by atomic mass is 9.92. The van der Waals surface area contributed by atoms with Crippen LogP contribution in [0.15, 0.2) is 65.3 Å². The quantitative estimate of drug-likeness (QED) is 0.255. The Labute approximate surface area is 230 Å². The minimum atomic E-state index is -3.50. The molecule has 3 aromatic rings. The van der Waals surface area contributed by atoms with Gasteiger partial charge < -0.3 is 25.5 Å². The molecule has 0 bridgehead atoms. The minimum absolute atomic E-state index is 0.173. The highest BCUT2D eigenvalue weighted by molar-refractivity contribution is 9.10. The number of amides is 1. The number of ether oxygens (including phenoxy) is 1. The number of aliphatic hydroxyl groups is 5. The van der Waals surface area contributed by atoms with Crippen LogP contribution in [0, 0.1) is 16.7 Å². The highest BCUT2D eigenvalue weighted by atomic mass is 79.9. The lowest BCUT2D eigenvalue weighted by Gasteiger charge is -2.46. The van der Waals surface area contributed by atoms with E-state index in [4.69, 9.17) is 21.6 Å². The van der Waals surface area contributed by atoms with E-state index in [0.717, 1.165) is 0 Å². The molecule has 12 heteroatoms. The summed E-state index contributed by atoms with van der Waals surface area (Å²) in [5, 5.41) is 62.0. The van der Waals surface area contributed by atoms with Crippen molar-refractivity contribution >= 4 is 33.4 Å². The average Bonchev–Trinajstić information content (AvgIpc) is 3.67. The molecule has 1 aromatic heterocycles. The van der Waals surface area contributed by atoms with E-state index in [-0.39, 0.29) is 36.1 Å². The summed E-state index contributed by atoms with van der Waals surface area (Å²) in [5.41, 5.74) is -3.01. The minimum Gasteiger partial charge on any atom is -0.343 e. The Balaban J connectivity index is 1.74. The van der Waals surface area contributed by atoms with Gasteiger partial charge in [0, 0.05) is 32.4 Å². The van der Waals surface area contributed by atoms with Gasteiger partial charge in [-0.05, 0) is 49.2 Å². The summed E-state index contributed by atoms with van der Waals surface area (Å²) in [7, 11) is 0. The fourth-order valence-electron chi connectivity index (χ4n) is 4.82. The van der Waals surface area contributed by atoms with Crippen LogP contribution in [0.1, 0.15) is 45.6 Å². The number of rotatable bonds is 7. The molecule has 10 nitrogen and oxygen atoms in total. The maximum atomic E-state index is 13.9. The van der Waals surface area contributed by atoms with E-state index < -0.39 is 29.0 Å². The lowest BCUT2D eigenvalue weighted by Crippen LogP contribution is -2.61. The Bertz CT molecular complexity index is 1450. The number of hydrogen-bond acceptors (Lipinski definition) is 9. The lowest BCUT2D eigenvalue weighted by molar-refractivity contribution is -0.484. The van der Waals surface area contributed by atoms with Crippen molar-refractivity contribution in [3.05, 3.63) is 98.2 Å². The first-order chi connectivity index (χ1) is 17.8. The van der Waals surface area contributed by atoms with Gasteiger partial charge >= 0.3 is 0 Å². The van der Waals surface area contributed by atoms with Gasteiger partial charge in [0.25, 0.3) is 17.9 Å². The molecule has 5 rings (SSSR count). The molecule has 2 aliphatic rings. The predicted molar refractivity (Wildman–Crippen MR) is 135 cm³/mol. The van der Waals surface area contributed by atoms with Crippen molar-refractivity contribution in [3.63, 3.8) is 0 Å². The maximum absolute atomic E-state index is 13.9. The highest BCUT2D eigenvalue weighted by Crippen LogP contribution is 2.62. The van der Waals surface area contributed by atoms with E-state index in [1.165, 1.54) is 41.4 Å². The second kappa shape index (κ2) is 9.08. The van der Waals surface area contributed by atoms with E-state index >= 15 is 0 Å². The van der Waals surface area contributed by atoms with Crippen molar-refractivity contribution in [2.45, 2.75) is 37.1 Å². The molecule has 1 fully saturated rings. The molecule has 0 spiro atoms. The summed E-state index contributed by atoms with van der Waals surface area (Å²) in [6.45, 7) is -0.203.